The molecule has 2 atom stereocenters. The van der Waals surface area contributed by atoms with Gasteiger partial charge in [-0.3, -0.25) is 4.90 Å². The Hall–Kier alpha value is -1.91. The molecule has 0 aliphatic carbocycles. The minimum Gasteiger partial charge on any atom is -0.496 e. The number of nitrogens with one attached hydrogen (secondary N) is 1. The van der Waals surface area contributed by atoms with Crippen molar-refractivity contribution in [2.24, 2.45) is 5.92 Å². The first kappa shape index (κ1) is 17.5. The molecular weight excluding hydrogens is 327 g/mol. The predicted molar refractivity (Wildman–Crippen MR) is 102 cm³/mol. The molecule has 138 valence electrons. The van der Waals surface area contributed by atoms with Gasteiger partial charge in [-0.25, -0.2) is 4.39 Å². The second-order valence-corrected chi connectivity index (χ2v) is 7.45. The van der Waals surface area contributed by atoms with E-state index in [4.69, 9.17) is 4.74 Å². The van der Waals surface area contributed by atoms with Gasteiger partial charge in [0.05, 0.1) is 7.11 Å². The van der Waals surface area contributed by atoms with E-state index < -0.39 is 0 Å². The summed E-state index contributed by atoms with van der Waals surface area (Å²) in [7, 11) is 1.72. The van der Waals surface area contributed by atoms with Gasteiger partial charge >= 0.3 is 0 Å². The Bertz CT molecular complexity index is 742. The summed E-state index contributed by atoms with van der Waals surface area (Å²) in [4.78, 5) is 2.55. The van der Waals surface area contributed by atoms with E-state index in [0.29, 0.717) is 18.0 Å². The fraction of sp³-hybridized carbons (Fsp3) is 0.455. The highest BCUT2D eigenvalue weighted by Crippen LogP contribution is 2.34. The lowest BCUT2D eigenvalue weighted by Crippen LogP contribution is -2.63. The van der Waals surface area contributed by atoms with Gasteiger partial charge in [0.25, 0.3) is 0 Å². The van der Waals surface area contributed by atoms with Crippen LogP contribution in [-0.4, -0.2) is 37.2 Å². The average Bonchev–Trinajstić information content (AvgIpc) is 2.70. The first-order chi connectivity index (χ1) is 12.8. The van der Waals surface area contributed by atoms with Crippen LogP contribution in [0.5, 0.6) is 5.75 Å². The first-order valence-corrected chi connectivity index (χ1v) is 9.59. The molecule has 2 unspecified atom stereocenters. The Morgan fingerprint density at radius 2 is 1.73 bits per heavy atom. The molecule has 0 spiro atoms. The first-order valence-electron chi connectivity index (χ1n) is 9.59. The van der Waals surface area contributed by atoms with Gasteiger partial charge in [0.15, 0.2) is 0 Å². The summed E-state index contributed by atoms with van der Waals surface area (Å²) in [6, 6.07) is 16.1. The molecule has 2 aromatic carbocycles. The number of ether oxygens (including phenoxy) is 1. The molecule has 3 saturated heterocycles. The van der Waals surface area contributed by atoms with Crippen LogP contribution < -0.4 is 10.1 Å². The van der Waals surface area contributed by atoms with Crippen LogP contribution in [0.1, 0.15) is 24.0 Å². The van der Waals surface area contributed by atoms with Crippen molar-refractivity contribution < 1.29 is 9.13 Å². The van der Waals surface area contributed by atoms with E-state index in [-0.39, 0.29) is 5.82 Å². The van der Waals surface area contributed by atoms with Crippen molar-refractivity contribution >= 4 is 0 Å². The number of nitrogens with zero attached hydrogens (tertiary/aromatic N) is 1. The highest BCUT2D eigenvalue weighted by atomic mass is 19.1. The molecule has 3 nitrogen and oxygen atoms in total. The fourth-order valence-electron chi connectivity index (χ4n) is 4.68. The third-order valence-electron chi connectivity index (χ3n) is 6.07. The summed E-state index contributed by atoms with van der Waals surface area (Å²) in [6.07, 6.45) is 3.24. The SMILES string of the molecule is COc1ccccc1CNC1C2CCN(CC2)C1Cc1ccccc1F. The van der Waals surface area contributed by atoms with E-state index >= 15 is 0 Å². The van der Waals surface area contributed by atoms with Gasteiger partial charge in [-0.1, -0.05) is 36.4 Å². The van der Waals surface area contributed by atoms with Crippen LogP contribution in [0.25, 0.3) is 0 Å². The molecule has 3 aliphatic rings. The topological polar surface area (TPSA) is 24.5 Å². The molecule has 3 heterocycles. The zero-order valence-electron chi connectivity index (χ0n) is 15.3. The lowest BCUT2D eigenvalue weighted by atomic mass is 9.76. The van der Waals surface area contributed by atoms with Gasteiger partial charge in [0.1, 0.15) is 11.6 Å². The Balaban J connectivity index is 1.51. The molecule has 1 N–H and O–H groups in total. The van der Waals surface area contributed by atoms with Gasteiger partial charge in [-0.05, 0) is 56.0 Å². The van der Waals surface area contributed by atoms with E-state index in [1.54, 1.807) is 19.2 Å². The van der Waals surface area contributed by atoms with Crippen molar-refractivity contribution in [2.75, 3.05) is 20.2 Å². The molecule has 4 heteroatoms. The minimum atomic E-state index is -0.0846. The van der Waals surface area contributed by atoms with Gasteiger partial charge in [0.2, 0.25) is 0 Å². The van der Waals surface area contributed by atoms with E-state index in [1.807, 2.05) is 30.3 Å². The molecule has 0 amide bonds. The van der Waals surface area contributed by atoms with Crippen LogP contribution >= 0.6 is 0 Å². The molecule has 0 radical (unpaired) electrons. The molecular formula is C22H27FN2O. The van der Waals surface area contributed by atoms with Crippen molar-refractivity contribution in [3.63, 3.8) is 0 Å². The lowest BCUT2D eigenvalue weighted by molar-refractivity contribution is 0.0123. The predicted octanol–water partition coefficient (Wildman–Crippen LogP) is 3.63. The monoisotopic (exact) mass is 354 g/mol. The van der Waals surface area contributed by atoms with Crippen molar-refractivity contribution in [1.29, 1.82) is 0 Å². The number of hydrogen-bond donors (Lipinski definition) is 1. The van der Waals surface area contributed by atoms with Gasteiger partial charge in [0, 0.05) is 24.2 Å². The number of methoxy groups -OCH3 is 1. The fourth-order valence-corrected chi connectivity index (χ4v) is 4.68. The zero-order valence-corrected chi connectivity index (χ0v) is 15.3. The number of hydrogen-bond acceptors (Lipinski definition) is 3. The molecule has 0 aromatic heterocycles. The smallest absolute Gasteiger partial charge is 0.126 e. The lowest BCUT2D eigenvalue weighted by Gasteiger charge is -2.51. The molecule has 0 saturated carbocycles. The summed E-state index contributed by atoms with van der Waals surface area (Å²) in [5.41, 5.74) is 2.00. The normalized spacial score (nSPS) is 27.5. The van der Waals surface area contributed by atoms with E-state index in [0.717, 1.165) is 37.4 Å². The summed E-state index contributed by atoms with van der Waals surface area (Å²) in [6.45, 7) is 3.06. The minimum absolute atomic E-state index is 0.0846. The van der Waals surface area contributed by atoms with Gasteiger partial charge in [-0.15, -0.1) is 0 Å². The van der Waals surface area contributed by atoms with E-state index in [2.05, 4.69) is 16.3 Å². The van der Waals surface area contributed by atoms with Crippen LogP contribution in [0.3, 0.4) is 0 Å². The number of piperidine rings is 3. The van der Waals surface area contributed by atoms with Crippen molar-refractivity contribution in [3.8, 4) is 5.75 Å². The summed E-state index contributed by atoms with van der Waals surface area (Å²) < 4.78 is 19.7. The molecule has 26 heavy (non-hydrogen) atoms. The third kappa shape index (κ3) is 3.49. The van der Waals surface area contributed by atoms with Crippen LogP contribution in [0.4, 0.5) is 4.39 Å². The Morgan fingerprint density at radius 1 is 1.04 bits per heavy atom. The molecule has 2 bridgehead atoms. The summed E-state index contributed by atoms with van der Waals surface area (Å²) in [5.74, 6) is 1.51. The maximum Gasteiger partial charge on any atom is 0.126 e. The second kappa shape index (κ2) is 7.77. The number of para-hydroxylation sites is 1. The Morgan fingerprint density at radius 3 is 2.46 bits per heavy atom. The summed E-state index contributed by atoms with van der Waals surface area (Å²) in [5, 5.41) is 3.79. The maximum absolute atomic E-state index is 14.2. The van der Waals surface area contributed by atoms with Gasteiger partial charge in [-0.2, -0.15) is 0 Å². The zero-order chi connectivity index (χ0) is 17.9. The molecule has 3 aliphatic heterocycles. The average molecular weight is 354 g/mol. The quantitative estimate of drug-likeness (QED) is 0.857. The third-order valence-corrected chi connectivity index (χ3v) is 6.07. The van der Waals surface area contributed by atoms with Crippen molar-refractivity contribution in [3.05, 3.63) is 65.5 Å². The van der Waals surface area contributed by atoms with Crippen LogP contribution in [-0.2, 0) is 13.0 Å². The number of halogens is 1. The van der Waals surface area contributed by atoms with Crippen LogP contribution in [0.15, 0.2) is 48.5 Å². The molecule has 3 fully saturated rings. The maximum atomic E-state index is 14.2. The van der Waals surface area contributed by atoms with Crippen molar-refractivity contribution in [1.82, 2.24) is 10.2 Å². The molecule has 2 aromatic rings. The van der Waals surface area contributed by atoms with Crippen molar-refractivity contribution in [2.45, 2.75) is 37.9 Å². The number of fused-ring (bicyclic) bond motifs is 3. The number of rotatable bonds is 6. The van der Waals surface area contributed by atoms with Crippen LogP contribution in [0.2, 0.25) is 0 Å². The molecule has 5 rings (SSSR count). The van der Waals surface area contributed by atoms with E-state index in [1.165, 1.54) is 18.4 Å². The number of benzene rings is 2. The highest BCUT2D eigenvalue weighted by Gasteiger charge is 2.41. The van der Waals surface area contributed by atoms with Crippen LogP contribution in [0, 0.1) is 11.7 Å². The Kier molecular flexibility index (Phi) is 5.23. The standard InChI is InChI=1S/C22H27FN2O/c1-26-21-9-5-3-7-18(21)15-24-22-16-10-12-25(13-11-16)20(22)14-17-6-2-4-8-19(17)23/h2-9,16,20,22,24H,10-15H2,1H3. The van der Waals surface area contributed by atoms with E-state index in [9.17, 15) is 4.39 Å². The Labute approximate surface area is 155 Å². The largest absolute Gasteiger partial charge is 0.496 e. The van der Waals surface area contributed by atoms with Gasteiger partial charge < -0.3 is 10.1 Å². The highest BCUT2D eigenvalue weighted by molar-refractivity contribution is 5.33. The summed E-state index contributed by atoms with van der Waals surface area (Å²) >= 11 is 0. The second-order valence-electron chi connectivity index (χ2n) is 7.45.